The lowest BCUT2D eigenvalue weighted by Crippen LogP contribution is -2.26. The molecule has 30 heavy (non-hydrogen) atoms. The minimum atomic E-state index is -0.409. The molecule has 0 fully saturated rings. The number of nitrogens with zero attached hydrogens (tertiary/aromatic N) is 5. The Balaban J connectivity index is 1.52. The Kier molecular flexibility index (Phi) is 5.04. The summed E-state index contributed by atoms with van der Waals surface area (Å²) in [6, 6.07) is 14.9. The van der Waals surface area contributed by atoms with E-state index < -0.39 is 4.92 Å². The molecule has 2 aromatic heterocycles. The third kappa shape index (κ3) is 3.55. The summed E-state index contributed by atoms with van der Waals surface area (Å²) in [6.45, 7) is 3.70. The van der Waals surface area contributed by atoms with Gasteiger partial charge in [-0.2, -0.15) is 5.10 Å². The number of fused-ring (bicyclic) bond motifs is 1. The molecule has 8 nitrogen and oxygen atoms in total. The summed E-state index contributed by atoms with van der Waals surface area (Å²) >= 11 is 1.47. The number of carbonyl (C=O) groups excluding carboxylic acids is 1. The third-order valence-corrected chi connectivity index (χ3v) is 6.05. The minimum Gasteiger partial charge on any atom is -0.287 e. The van der Waals surface area contributed by atoms with E-state index in [4.69, 9.17) is 0 Å². The lowest BCUT2D eigenvalue weighted by atomic mass is 10.1. The molecule has 1 amide bonds. The standard InChI is InChI=1S/C21H19N5O3S/c1-13-19(26(28)29)14(2)25(23-13)12-15-8-10-16(11-9-15)20(27)24(3)21-22-17-6-4-5-7-18(17)30-21/h4-11H,12H2,1-3H3. The zero-order valence-corrected chi connectivity index (χ0v) is 17.5. The number of para-hydroxylation sites is 1. The number of benzene rings is 2. The highest BCUT2D eigenvalue weighted by Crippen LogP contribution is 2.29. The molecule has 0 radical (unpaired) electrons. The predicted molar refractivity (Wildman–Crippen MR) is 116 cm³/mol. The van der Waals surface area contributed by atoms with Gasteiger partial charge in [0.05, 0.1) is 21.7 Å². The molecular formula is C21H19N5O3S. The molecule has 0 N–H and O–H groups in total. The summed E-state index contributed by atoms with van der Waals surface area (Å²) in [5.74, 6) is -0.151. The Bertz CT molecular complexity index is 1230. The molecule has 0 aliphatic rings. The van der Waals surface area contributed by atoms with E-state index in [1.807, 2.05) is 36.4 Å². The van der Waals surface area contributed by atoms with Crippen molar-refractivity contribution in [1.29, 1.82) is 0 Å². The minimum absolute atomic E-state index is 0.0410. The fourth-order valence-corrected chi connectivity index (χ4v) is 4.24. The van der Waals surface area contributed by atoms with Crippen LogP contribution < -0.4 is 4.90 Å². The van der Waals surface area contributed by atoms with Crippen LogP contribution in [0.1, 0.15) is 27.3 Å². The van der Waals surface area contributed by atoms with Gasteiger partial charge in [-0.1, -0.05) is 35.6 Å². The second-order valence-corrected chi connectivity index (χ2v) is 7.97. The monoisotopic (exact) mass is 421 g/mol. The van der Waals surface area contributed by atoms with Gasteiger partial charge in [-0.05, 0) is 43.7 Å². The highest BCUT2D eigenvalue weighted by Gasteiger charge is 2.22. The number of aromatic nitrogens is 3. The van der Waals surface area contributed by atoms with E-state index in [-0.39, 0.29) is 11.6 Å². The van der Waals surface area contributed by atoms with Crippen molar-refractivity contribution in [3.63, 3.8) is 0 Å². The van der Waals surface area contributed by atoms with E-state index >= 15 is 0 Å². The second kappa shape index (κ2) is 7.68. The van der Waals surface area contributed by atoms with Crippen molar-refractivity contribution >= 4 is 38.3 Å². The zero-order valence-electron chi connectivity index (χ0n) is 16.7. The largest absolute Gasteiger partial charge is 0.312 e. The van der Waals surface area contributed by atoms with Crippen LogP contribution in [0.25, 0.3) is 10.2 Å². The quantitative estimate of drug-likeness (QED) is 0.353. The fraction of sp³-hybridized carbons (Fsp3) is 0.190. The van der Waals surface area contributed by atoms with Gasteiger partial charge in [0.15, 0.2) is 5.13 Å². The molecule has 152 valence electrons. The van der Waals surface area contributed by atoms with Crippen LogP contribution in [0.4, 0.5) is 10.8 Å². The molecule has 4 aromatic rings. The number of nitro groups is 1. The zero-order chi connectivity index (χ0) is 21.4. The molecule has 2 heterocycles. The van der Waals surface area contributed by atoms with Gasteiger partial charge in [-0.15, -0.1) is 0 Å². The van der Waals surface area contributed by atoms with Gasteiger partial charge in [0.1, 0.15) is 11.4 Å². The van der Waals surface area contributed by atoms with E-state index in [1.54, 1.807) is 42.6 Å². The lowest BCUT2D eigenvalue weighted by molar-refractivity contribution is -0.386. The molecule has 0 saturated carbocycles. The van der Waals surface area contributed by atoms with Gasteiger partial charge in [0.2, 0.25) is 0 Å². The van der Waals surface area contributed by atoms with Crippen LogP contribution in [0.15, 0.2) is 48.5 Å². The van der Waals surface area contributed by atoms with Crippen molar-refractivity contribution in [3.05, 3.63) is 81.2 Å². The first-order valence-corrected chi connectivity index (χ1v) is 10.1. The van der Waals surface area contributed by atoms with Crippen LogP contribution in [0.2, 0.25) is 0 Å². The molecule has 0 bridgehead atoms. The van der Waals surface area contributed by atoms with Crippen molar-refractivity contribution in [2.24, 2.45) is 0 Å². The smallest absolute Gasteiger partial charge is 0.287 e. The molecular weight excluding hydrogens is 402 g/mol. The van der Waals surface area contributed by atoms with Crippen molar-refractivity contribution in [3.8, 4) is 0 Å². The van der Waals surface area contributed by atoms with Crippen LogP contribution in [-0.4, -0.2) is 32.6 Å². The maximum absolute atomic E-state index is 12.9. The normalized spacial score (nSPS) is 11.0. The summed E-state index contributed by atoms with van der Waals surface area (Å²) in [5, 5.41) is 16.1. The molecule has 0 atom stereocenters. The van der Waals surface area contributed by atoms with Crippen LogP contribution in [-0.2, 0) is 6.54 Å². The maximum atomic E-state index is 12.9. The van der Waals surface area contributed by atoms with Crippen molar-refractivity contribution in [2.45, 2.75) is 20.4 Å². The summed E-state index contributed by atoms with van der Waals surface area (Å²) in [4.78, 5) is 29.7. The maximum Gasteiger partial charge on any atom is 0.312 e. The van der Waals surface area contributed by atoms with Crippen molar-refractivity contribution in [2.75, 3.05) is 11.9 Å². The molecule has 0 aliphatic carbocycles. The topological polar surface area (TPSA) is 94.2 Å². The van der Waals surface area contributed by atoms with E-state index in [9.17, 15) is 14.9 Å². The fourth-order valence-electron chi connectivity index (χ4n) is 3.32. The third-order valence-electron chi connectivity index (χ3n) is 4.93. The SMILES string of the molecule is Cc1nn(Cc2ccc(C(=O)N(C)c3nc4ccccc4s3)cc2)c(C)c1[N+](=O)[O-]. The van der Waals surface area contributed by atoms with Crippen LogP contribution in [0.5, 0.6) is 0 Å². The van der Waals surface area contributed by atoms with Crippen LogP contribution >= 0.6 is 11.3 Å². The number of aryl methyl sites for hydroxylation is 1. The molecule has 0 unspecified atom stereocenters. The number of thiazole rings is 1. The molecule has 2 aromatic carbocycles. The van der Waals surface area contributed by atoms with Gasteiger partial charge in [-0.3, -0.25) is 24.5 Å². The van der Waals surface area contributed by atoms with Crippen LogP contribution in [0, 0.1) is 24.0 Å². The van der Waals surface area contributed by atoms with E-state index in [0.29, 0.717) is 28.6 Å². The number of anilines is 1. The van der Waals surface area contributed by atoms with Gasteiger partial charge < -0.3 is 0 Å². The number of hydrogen-bond donors (Lipinski definition) is 0. The molecule has 4 rings (SSSR count). The average molecular weight is 421 g/mol. The molecule has 0 spiro atoms. The highest BCUT2D eigenvalue weighted by molar-refractivity contribution is 7.22. The van der Waals surface area contributed by atoms with E-state index in [2.05, 4.69) is 10.1 Å². The van der Waals surface area contributed by atoms with Crippen LogP contribution in [0.3, 0.4) is 0 Å². The Morgan fingerprint density at radius 2 is 1.87 bits per heavy atom. The average Bonchev–Trinajstić information content (AvgIpc) is 3.28. The van der Waals surface area contributed by atoms with E-state index in [0.717, 1.165) is 15.8 Å². The summed E-state index contributed by atoms with van der Waals surface area (Å²) < 4.78 is 2.64. The summed E-state index contributed by atoms with van der Waals surface area (Å²) in [7, 11) is 1.71. The summed E-state index contributed by atoms with van der Waals surface area (Å²) in [6.07, 6.45) is 0. The first kappa shape index (κ1) is 19.7. The van der Waals surface area contributed by atoms with Gasteiger partial charge in [-0.25, -0.2) is 4.98 Å². The van der Waals surface area contributed by atoms with Crippen molar-refractivity contribution < 1.29 is 9.72 Å². The van der Waals surface area contributed by atoms with E-state index in [1.165, 1.54) is 11.3 Å². The molecule has 0 saturated heterocycles. The summed E-state index contributed by atoms with van der Waals surface area (Å²) in [5.41, 5.74) is 3.25. The Morgan fingerprint density at radius 1 is 1.17 bits per heavy atom. The first-order chi connectivity index (χ1) is 14.3. The lowest BCUT2D eigenvalue weighted by Gasteiger charge is -2.14. The van der Waals surface area contributed by atoms with Gasteiger partial charge >= 0.3 is 5.69 Å². The number of amides is 1. The predicted octanol–water partition coefficient (Wildman–Crippen LogP) is 4.34. The Morgan fingerprint density at radius 3 is 2.50 bits per heavy atom. The number of carbonyl (C=O) groups is 1. The molecule has 9 heteroatoms. The second-order valence-electron chi connectivity index (χ2n) is 6.96. The Labute approximate surface area is 176 Å². The first-order valence-electron chi connectivity index (χ1n) is 9.26. The molecule has 0 aliphatic heterocycles. The van der Waals surface area contributed by atoms with Gasteiger partial charge in [0, 0.05) is 12.6 Å². The van der Waals surface area contributed by atoms with Gasteiger partial charge in [0.25, 0.3) is 5.91 Å². The number of rotatable bonds is 5. The Hall–Kier alpha value is -3.59. The highest BCUT2D eigenvalue weighted by atomic mass is 32.1. The van der Waals surface area contributed by atoms with Crippen molar-refractivity contribution in [1.82, 2.24) is 14.8 Å². The number of hydrogen-bond acceptors (Lipinski definition) is 6.